The summed E-state index contributed by atoms with van der Waals surface area (Å²) in [5.74, 6) is 0. The Hall–Kier alpha value is -1.69. The van der Waals surface area contributed by atoms with Crippen LogP contribution < -0.4 is 5.73 Å². The molecule has 0 aliphatic heterocycles. The number of hydrogen-bond donors (Lipinski definition) is 1. The predicted octanol–water partition coefficient (Wildman–Crippen LogP) is 0.923. The van der Waals surface area contributed by atoms with Crippen molar-refractivity contribution in [3.05, 3.63) is 33.7 Å². The minimum Gasteiger partial charge on any atom is -0.327 e. The molecule has 1 aromatic heterocycles. The summed E-state index contributed by atoms with van der Waals surface area (Å²) in [5, 5.41) is 14.8. The fourth-order valence-electron chi connectivity index (χ4n) is 1.40. The molecule has 6 heteroatoms. The summed E-state index contributed by atoms with van der Waals surface area (Å²) >= 11 is 0. The van der Waals surface area contributed by atoms with E-state index in [2.05, 4.69) is 5.10 Å². The number of aryl methyl sites for hydroxylation is 1. The Morgan fingerprint density at radius 2 is 2.20 bits per heavy atom. The minimum atomic E-state index is -0.402. The summed E-state index contributed by atoms with van der Waals surface area (Å²) in [6.07, 6.45) is 3.63. The van der Waals surface area contributed by atoms with Crippen LogP contribution in [0.1, 0.15) is 11.4 Å². The van der Waals surface area contributed by atoms with Gasteiger partial charge in [-0.3, -0.25) is 14.8 Å². The highest BCUT2D eigenvalue weighted by atomic mass is 16.6. The van der Waals surface area contributed by atoms with Crippen molar-refractivity contribution < 1.29 is 4.92 Å². The number of allylic oxidation sites excluding steroid dienone is 1. The summed E-state index contributed by atoms with van der Waals surface area (Å²) < 4.78 is 1.60. The van der Waals surface area contributed by atoms with Crippen molar-refractivity contribution in [3.63, 3.8) is 0 Å². The second-order valence-corrected chi connectivity index (χ2v) is 3.17. The summed E-state index contributed by atoms with van der Waals surface area (Å²) in [6.45, 7) is 4.29. The molecule has 15 heavy (non-hydrogen) atoms. The van der Waals surface area contributed by atoms with Crippen LogP contribution in [0.4, 0.5) is 5.69 Å². The van der Waals surface area contributed by atoms with E-state index in [1.807, 2.05) is 6.08 Å². The summed E-state index contributed by atoms with van der Waals surface area (Å²) in [4.78, 5) is 10.3. The molecular formula is C9H14N4O2. The Kier molecular flexibility index (Phi) is 3.56. The van der Waals surface area contributed by atoms with Gasteiger partial charge < -0.3 is 5.73 Å². The van der Waals surface area contributed by atoms with Crippen LogP contribution in [-0.4, -0.2) is 21.2 Å². The summed E-state index contributed by atoms with van der Waals surface area (Å²) in [5.41, 5.74) is 6.39. The molecule has 0 fully saturated rings. The van der Waals surface area contributed by atoms with Gasteiger partial charge in [-0.05, 0) is 13.8 Å². The Morgan fingerprint density at radius 3 is 2.67 bits per heavy atom. The van der Waals surface area contributed by atoms with Gasteiger partial charge in [0.15, 0.2) is 0 Å². The lowest BCUT2D eigenvalue weighted by Crippen LogP contribution is -2.02. The first-order chi connectivity index (χ1) is 7.07. The van der Waals surface area contributed by atoms with Gasteiger partial charge >= 0.3 is 5.69 Å². The molecule has 82 valence electrons. The molecule has 1 heterocycles. The normalized spacial score (nSPS) is 11.1. The van der Waals surface area contributed by atoms with E-state index in [0.717, 1.165) is 0 Å². The fourth-order valence-corrected chi connectivity index (χ4v) is 1.40. The fraction of sp³-hybridized carbons (Fsp3) is 0.444. The average Bonchev–Trinajstić information content (AvgIpc) is 2.42. The van der Waals surface area contributed by atoms with E-state index in [9.17, 15) is 10.1 Å². The third-order valence-corrected chi connectivity index (χ3v) is 2.11. The standard InChI is InChI=1S/C9H14N4O2/c1-7-9(13(14)15)8(2)12(11-7)6-4-3-5-10/h3-4H,5-6,10H2,1-2H3. The van der Waals surface area contributed by atoms with Crippen LogP contribution in [0.15, 0.2) is 12.2 Å². The zero-order valence-electron chi connectivity index (χ0n) is 8.80. The molecule has 0 saturated carbocycles. The molecule has 0 aliphatic carbocycles. The lowest BCUT2D eigenvalue weighted by atomic mass is 10.3. The average molecular weight is 210 g/mol. The van der Waals surface area contributed by atoms with Crippen LogP contribution in [0.5, 0.6) is 0 Å². The number of rotatable bonds is 4. The second-order valence-electron chi connectivity index (χ2n) is 3.17. The molecule has 0 unspecified atom stereocenters. The molecule has 0 amide bonds. The number of nitrogens with two attached hydrogens (primary N) is 1. The van der Waals surface area contributed by atoms with Crippen LogP contribution in [0, 0.1) is 24.0 Å². The van der Waals surface area contributed by atoms with Gasteiger partial charge in [-0.15, -0.1) is 0 Å². The van der Waals surface area contributed by atoms with Gasteiger partial charge in [0.1, 0.15) is 11.4 Å². The molecule has 0 atom stereocenters. The van der Waals surface area contributed by atoms with E-state index in [-0.39, 0.29) is 5.69 Å². The van der Waals surface area contributed by atoms with Crippen LogP contribution >= 0.6 is 0 Å². The third kappa shape index (κ3) is 2.41. The van der Waals surface area contributed by atoms with E-state index < -0.39 is 4.92 Å². The van der Waals surface area contributed by atoms with Crippen LogP contribution in [0.3, 0.4) is 0 Å². The molecular weight excluding hydrogens is 196 g/mol. The zero-order chi connectivity index (χ0) is 11.4. The Labute approximate surface area is 87.5 Å². The number of aromatic nitrogens is 2. The quantitative estimate of drug-likeness (QED) is 0.455. The topological polar surface area (TPSA) is 87.0 Å². The highest BCUT2D eigenvalue weighted by molar-refractivity contribution is 5.39. The van der Waals surface area contributed by atoms with Gasteiger partial charge in [-0.1, -0.05) is 12.2 Å². The van der Waals surface area contributed by atoms with Gasteiger partial charge in [-0.2, -0.15) is 5.10 Å². The number of nitro groups is 1. The van der Waals surface area contributed by atoms with Crippen LogP contribution in [0.25, 0.3) is 0 Å². The number of hydrogen-bond acceptors (Lipinski definition) is 4. The molecule has 0 aliphatic rings. The van der Waals surface area contributed by atoms with Crippen molar-refractivity contribution in [2.24, 2.45) is 5.73 Å². The molecule has 0 radical (unpaired) electrons. The monoisotopic (exact) mass is 210 g/mol. The lowest BCUT2D eigenvalue weighted by molar-refractivity contribution is -0.386. The zero-order valence-corrected chi connectivity index (χ0v) is 8.80. The Morgan fingerprint density at radius 1 is 1.53 bits per heavy atom. The van der Waals surface area contributed by atoms with Gasteiger partial charge in [-0.25, -0.2) is 0 Å². The maximum Gasteiger partial charge on any atom is 0.312 e. The maximum absolute atomic E-state index is 10.7. The predicted molar refractivity (Wildman–Crippen MR) is 56.5 cm³/mol. The minimum absolute atomic E-state index is 0.0937. The molecule has 1 aromatic rings. The van der Waals surface area contributed by atoms with Crippen molar-refractivity contribution >= 4 is 5.69 Å². The van der Waals surface area contributed by atoms with E-state index in [4.69, 9.17) is 5.73 Å². The molecule has 0 saturated heterocycles. The van der Waals surface area contributed by atoms with Gasteiger partial charge in [0.25, 0.3) is 0 Å². The first-order valence-electron chi connectivity index (χ1n) is 4.61. The van der Waals surface area contributed by atoms with Crippen molar-refractivity contribution in [2.75, 3.05) is 6.54 Å². The largest absolute Gasteiger partial charge is 0.327 e. The smallest absolute Gasteiger partial charge is 0.312 e. The van der Waals surface area contributed by atoms with E-state index in [1.165, 1.54) is 0 Å². The van der Waals surface area contributed by atoms with E-state index >= 15 is 0 Å². The highest BCUT2D eigenvalue weighted by Crippen LogP contribution is 2.21. The molecule has 0 aromatic carbocycles. The maximum atomic E-state index is 10.7. The van der Waals surface area contributed by atoms with Crippen molar-refractivity contribution in [1.82, 2.24) is 9.78 Å². The lowest BCUT2D eigenvalue weighted by Gasteiger charge is -1.97. The molecule has 0 spiro atoms. The summed E-state index contributed by atoms with van der Waals surface area (Å²) in [7, 11) is 0. The molecule has 0 bridgehead atoms. The first kappa shape index (κ1) is 11.4. The van der Waals surface area contributed by atoms with Crippen molar-refractivity contribution in [2.45, 2.75) is 20.4 Å². The highest BCUT2D eigenvalue weighted by Gasteiger charge is 2.20. The van der Waals surface area contributed by atoms with E-state index in [1.54, 1.807) is 24.6 Å². The third-order valence-electron chi connectivity index (χ3n) is 2.11. The van der Waals surface area contributed by atoms with Crippen molar-refractivity contribution in [3.8, 4) is 0 Å². The van der Waals surface area contributed by atoms with Gasteiger partial charge in [0.05, 0.1) is 11.5 Å². The Bertz CT molecular complexity index is 395. The van der Waals surface area contributed by atoms with Gasteiger partial charge in [0, 0.05) is 6.54 Å². The van der Waals surface area contributed by atoms with E-state index in [0.29, 0.717) is 24.5 Å². The van der Waals surface area contributed by atoms with Crippen LogP contribution in [0.2, 0.25) is 0 Å². The molecule has 1 rings (SSSR count). The SMILES string of the molecule is Cc1nn(CC=CCN)c(C)c1[N+](=O)[O-]. The number of nitrogens with zero attached hydrogens (tertiary/aromatic N) is 3. The van der Waals surface area contributed by atoms with Gasteiger partial charge in [0.2, 0.25) is 0 Å². The molecule has 2 N–H and O–H groups in total. The second kappa shape index (κ2) is 4.70. The van der Waals surface area contributed by atoms with Crippen molar-refractivity contribution in [1.29, 1.82) is 0 Å². The summed E-state index contributed by atoms with van der Waals surface area (Å²) in [6, 6.07) is 0. The molecule has 6 nitrogen and oxygen atoms in total. The first-order valence-corrected chi connectivity index (χ1v) is 4.61. The van der Waals surface area contributed by atoms with Crippen LogP contribution in [-0.2, 0) is 6.54 Å². The Balaban J connectivity index is 2.96.